The van der Waals surface area contributed by atoms with Crippen LogP contribution in [0.2, 0.25) is 0 Å². The highest BCUT2D eigenvalue weighted by Gasteiger charge is 2.19. The van der Waals surface area contributed by atoms with E-state index < -0.39 is 0 Å². The van der Waals surface area contributed by atoms with Gasteiger partial charge in [-0.05, 0) is 30.3 Å². The molecule has 0 saturated carbocycles. The normalized spacial score (nSPS) is 14.1. The van der Waals surface area contributed by atoms with Crippen molar-refractivity contribution in [3.8, 4) is 17.2 Å². The van der Waals surface area contributed by atoms with Gasteiger partial charge < -0.3 is 14.4 Å². The van der Waals surface area contributed by atoms with Gasteiger partial charge in [0, 0.05) is 36.2 Å². The number of hydrogen-bond acceptors (Lipinski definition) is 6. The third-order valence-electron chi connectivity index (χ3n) is 4.95. The minimum absolute atomic E-state index is 0.0207. The fourth-order valence-corrected chi connectivity index (χ4v) is 4.26. The second-order valence-electron chi connectivity index (χ2n) is 6.59. The number of carbonyl (C=O) groups excluding carboxylic acids is 1. The van der Waals surface area contributed by atoms with Crippen LogP contribution in [0.25, 0.3) is 16.6 Å². The first-order valence-corrected chi connectivity index (χ1v) is 10.4. The number of benzene rings is 2. The van der Waals surface area contributed by atoms with Gasteiger partial charge in [-0.15, -0.1) is 0 Å². The lowest BCUT2D eigenvalue weighted by atomic mass is 10.1. The van der Waals surface area contributed by atoms with Crippen LogP contribution in [0, 0.1) is 0 Å². The van der Waals surface area contributed by atoms with Crippen molar-refractivity contribution < 1.29 is 14.3 Å². The first-order valence-electron chi connectivity index (χ1n) is 9.23. The van der Waals surface area contributed by atoms with Crippen LogP contribution in [-0.4, -0.2) is 59.2 Å². The van der Waals surface area contributed by atoms with Gasteiger partial charge in [-0.3, -0.25) is 14.2 Å². The van der Waals surface area contributed by atoms with E-state index in [0.29, 0.717) is 33.7 Å². The summed E-state index contributed by atoms with van der Waals surface area (Å²) in [4.78, 5) is 32.1. The maximum atomic E-state index is 13.1. The van der Waals surface area contributed by atoms with E-state index in [4.69, 9.17) is 9.47 Å². The Morgan fingerprint density at radius 2 is 1.86 bits per heavy atom. The molecule has 7 nitrogen and oxygen atoms in total. The van der Waals surface area contributed by atoms with E-state index in [1.54, 1.807) is 50.6 Å². The predicted octanol–water partition coefficient (Wildman–Crippen LogP) is 2.59. The number of rotatable bonds is 4. The SMILES string of the molecule is COc1ccc(OC)c(-n2cnc3cc(C(=O)N4CCSCC4)ccc3c2=O)c1. The molecule has 3 aromatic rings. The van der Waals surface area contributed by atoms with Gasteiger partial charge in [-0.2, -0.15) is 11.8 Å². The van der Waals surface area contributed by atoms with Gasteiger partial charge in [0.25, 0.3) is 11.5 Å². The number of carbonyl (C=O) groups is 1. The fourth-order valence-electron chi connectivity index (χ4n) is 3.36. The molecule has 1 aromatic heterocycles. The van der Waals surface area contributed by atoms with Crippen molar-refractivity contribution in [2.75, 3.05) is 38.8 Å². The van der Waals surface area contributed by atoms with Gasteiger partial charge in [-0.25, -0.2) is 4.98 Å². The van der Waals surface area contributed by atoms with Crippen LogP contribution in [0.3, 0.4) is 0 Å². The predicted molar refractivity (Wildman–Crippen MR) is 114 cm³/mol. The molecule has 1 aliphatic heterocycles. The molecule has 0 bridgehead atoms. The summed E-state index contributed by atoms with van der Waals surface area (Å²) in [5, 5.41) is 0.433. The first kappa shape index (κ1) is 19.3. The molecule has 4 rings (SSSR count). The third kappa shape index (κ3) is 3.67. The number of aromatic nitrogens is 2. The molecular formula is C21H21N3O4S. The number of fused-ring (bicyclic) bond motifs is 1. The van der Waals surface area contributed by atoms with Crippen LogP contribution < -0.4 is 15.0 Å². The summed E-state index contributed by atoms with van der Waals surface area (Å²) in [7, 11) is 3.11. The molecule has 0 N–H and O–H groups in total. The van der Waals surface area contributed by atoms with Crippen molar-refractivity contribution in [3.63, 3.8) is 0 Å². The van der Waals surface area contributed by atoms with Gasteiger partial charge in [0.05, 0.1) is 30.8 Å². The van der Waals surface area contributed by atoms with Gasteiger partial charge in [-0.1, -0.05) is 0 Å². The zero-order valence-electron chi connectivity index (χ0n) is 16.3. The van der Waals surface area contributed by atoms with E-state index in [1.807, 2.05) is 16.7 Å². The van der Waals surface area contributed by atoms with Gasteiger partial charge in [0.15, 0.2) is 0 Å². The monoisotopic (exact) mass is 411 g/mol. The van der Waals surface area contributed by atoms with E-state index in [0.717, 1.165) is 24.6 Å². The highest BCUT2D eigenvalue weighted by atomic mass is 32.2. The van der Waals surface area contributed by atoms with Gasteiger partial charge in [0.2, 0.25) is 0 Å². The number of amides is 1. The van der Waals surface area contributed by atoms with E-state index in [-0.39, 0.29) is 11.5 Å². The van der Waals surface area contributed by atoms with Crippen LogP contribution in [0.1, 0.15) is 10.4 Å². The third-order valence-corrected chi connectivity index (χ3v) is 5.89. The minimum atomic E-state index is -0.241. The molecule has 2 heterocycles. The van der Waals surface area contributed by atoms with Crippen molar-refractivity contribution >= 4 is 28.6 Å². The van der Waals surface area contributed by atoms with E-state index >= 15 is 0 Å². The van der Waals surface area contributed by atoms with Crippen LogP contribution in [0.4, 0.5) is 0 Å². The van der Waals surface area contributed by atoms with E-state index in [1.165, 1.54) is 10.9 Å². The lowest BCUT2D eigenvalue weighted by Crippen LogP contribution is -2.37. The summed E-state index contributed by atoms with van der Waals surface area (Å²) in [6.07, 6.45) is 1.45. The number of thioether (sulfide) groups is 1. The van der Waals surface area contributed by atoms with Gasteiger partial charge in [0.1, 0.15) is 17.8 Å². The first-order chi connectivity index (χ1) is 14.1. The Morgan fingerprint density at radius 3 is 2.59 bits per heavy atom. The number of methoxy groups -OCH3 is 2. The molecule has 150 valence electrons. The molecule has 29 heavy (non-hydrogen) atoms. The molecule has 0 spiro atoms. The number of ether oxygens (including phenoxy) is 2. The Labute approximate surface area is 172 Å². The standard InChI is InChI=1S/C21H21N3O4S/c1-27-15-4-6-19(28-2)18(12-15)24-13-22-17-11-14(3-5-16(17)21(24)26)20(25)23-7-9-29-10-8-23/h3-6,11-13H,7-10H2,1-2H3. The van der Waals surface area contributed by atoms with Crippen LogP contribution in [0.5, 0.6) is 11.5 Å². The highest BCUT2D eigenvalue weighted by molar-refractivity contribution is 7.99. The quantitative estimate of drug-likeness (QED) is 0.657. The maximum absolute atomic E-state index is 13.1. The fraction of sp³-hybridized carbons (Fsp3) is 0.286. The summed E-state index contributed by atoms with van der Waals surface area (Å²) >= 11 is 1.85. The number of hydrogen-bond donors (Lipinski definition) is 0. The van der Waals surface area contributed by atoms with Gasteiger partial charge >= 0.3 is 0 Å². The van der Waals surface area contributed by atoms with Crippen molar-refractivity contribution in [2.45, 2.75) is 0 Å². The lowest BCUT2D eigenvalue weighted by Gasteiger charge is -2.26. The molecule has 1 aliphatic rings. The smallest absolute Gasteiger partial charge is 0.265 e. The summed E-state index contributed by atoms with van der Waals surface area (Å²) in [5.74, 6) is 3.01. The lowest BCUT2D eigenvalue weighted by molar-refractivity contribution is 0.0772. The zero-order valence-corrected chi connectivity index (χ0v) is 17.1. The molecule has 0 atom stereocenters. The molecule has 1 fully saturated rings. The Morgan fingerprint density at radius 1 is 1.07 bits per heavy atom. The second-order valence-corrected chi connectivity index (χ2v) is 7.82. The van der Waals surface area contributed by atoms with Crippen LogP contribution in [-0.2, 0) is 0 Å². The molecule has 0 aliphatic carbocycles. The minimum Gasteiger partial charge on any atom is -0.497 e. The second kappa shape index (κ2) is 8.16. The Balaban J connectivity index is 1.76. The van der Waals surface area contributed by atoms with E-state index in [2.05, 4.69) is 4.98 Å². The largest absolute Gasteiger partial charge is 0.497 e. The topological polar surface area (TPSA) is 73.7 Å². The average Bonchev–Trinajstić information content (AvgIpc) is 2.78. The summed E-state index contributed by atoms with van der Waals surface area (Å²) < 4.78 is 12.1. The Kier molecular flexibility index (Phi) is 5.44. The summed E-state index contributed by atoms with van der Waals surface area (Å²) in [5.41, 5.74) is 1.34. The summed E-state index contributed by atoms with van der Waals surface area (Å²) in [6, 6.07) is 10.3. The molecular weight excluding hydrogens is 390 g/mol. The van der Waals surface area contributed by atoms with Crippen molar-refractivity contribution in [3.05, 3.63) is 58.6 Å². The Bertz CT molecular complexity index is 1120. The van der Waals surface area contributed by atoms with Crippen LogP contribution >= 0.6 is 11.8 Å². The number of nitrogens with zero attached hydrogens (tertiary/aromatic N) is 3. The van der Waals surface area contributed by atoms with Crippen molar-refractivity contribution in [2.24, 2.45) is 0 Å². The van der Waals surface area contributed by atoms with Crippen molar-refractivity contribution in [1.82, 2.24) is 14.5 Å². The molecule has 8 heteroatoms. The molecule has 1 amide bonds. The maximum Gasteiger partial charge on any atom is 0.265 e. The zero-order chi connectivity index (χ0) is 20.4. The van der Waals surface area contributed by atoms with E-state index in [9.17, 15) is 9.59 Å². The Hall–Kier alpha value is -3.00. The van der Waals surface area contributed by atoms with Crippen molar-refractivity contribution in [1.29, 1.82) is 0 Å². The molecule has 1 saturated heterocycles. The highest BCUT2D eigenvalue weighted by Crippen LogP contribution is 2.27. The molecule has 2 aromatic carbocycles. The molecule has 0 unspecified atom stereocenters. The average molecular weight is 411 g/mol. The summed E-state index contributed by atoms with van der Waals surface area (Å²) in [6.45, 7) is 1.48. The molecule has 0 radical (unpaired) electrons. The van der Waals surface area contributed by atoms with Crippen LogP contribution in [0.15, 0.2) is 47.5 Å².